The van der Waals surface area contributed by atoms with Crippen molar-refractivity contribution in [3.63, 3.8) is 0 Å². The first-order valence-electron chi connectivity index (χ1n) is 12.4. The van der Waals surface area contributed by atoms with Crippen LogP contribution in [0.2, 0.25) is 5.02 Å². The highest BCUT2D eigenvalue weighted by Crippen LogP contribution is 2.60. The number of benzene rings is 1. The van der Waals surface area contributed by atoms with E-state index in [4.69, 9.17) is 16.3 Å². The maximum Gasteiger partial charge on any atom is 0.329 e. The number of ether oxygens (including phenoxy) is 1. The van der Waals surface area contributed by atoms with E-state index in [9.17, 15) is 19.5 Å². The summed E-state index contributed by atoms with van der Waals surface area (Å²) in [4.78, 5) is 41.1. The molecule has 2 N–H and O–H groups in total. The van der Waals surface area contributed by atoms with Gasteiger partial charge < -0.3 is 20.1 Å². The van der Waals surface area contributed by atoms with Gasteiger partial charge in [0, 0.05) is 23.7 Å². The highest BCUT2D eigenvalue weighted by Gasteiger charge is 2.57. The second-order valence-corrected chi connectivity index (χ2v) is 11.5. The van der Waals surface area contributed by atoms with Crippen LogP contribution in [0.3, 0.4) is 0 Å². The lowest BCUT2D eigenvalue weighted by molar-refractivity contribution is -0.168. The van der Waals surface area contributed by atoms with Gasteiger partial charge in [-0.15, -0.1) is 0 Å². The maximum absolute atomic E-state index is 13.8. The van der Waals surface area contributed by atoms with E-state index in [1.807, 2.05) is 6.92 Å². The molecule has 5 fully saturated rings. The Labute approximate surface area is 205 Å². The fraction of sp³-hybridized carbons (Fsp3) is 0.654. The highest BCUT2D eigenvalue weighted by molar-refractivity contribution is 6.31. The van der Waals surface area contributed by atoms with Crippen molar-refractivity contribution in [3.8, 4) is 0 Å². The molecule has 7 nitrogen and oxygen atoms in total. The number of nitrogens with zero attached hydrogens (tertiary/aromatic N) is 1. The molecule has 4 saturated carbocycles. The lowest BCUT2D eigenvalue weighted by Crippen LogP contribution is -2.56. The summed E-state index contributed by atoms with van der Waals surface area (Å²) >= 11 is 6.02. The number of hydrogen-bond acceptors (Lipinski definition) is 5. The molecule has 8 heteroatoms. The Balaban J connectivity index is 1.26. The van der Waals surface area contributed by atoms with E-state index < -0.39 is 35.5 Å². The van der Waals surface area contributed by atoms with Crippen molar-refractivity contribution >= 4 is 35.1 Å². The predicted molar refractivity (Wildman–Crippen MR) is 127 cm³/mol. The van der Waals surface area contributed by atoms with Crippen molar-refractivity contribution in [2.24, 2.45) is 23.2 Å². The van der Waals surface area contributed by atoms with Crippen LogP contribution in [-0.4, -0.2) is 52.6 Å². The molecule has 3 atom stereocenters. The van der Waals surface area contributed by atoms with E-state index in [2.05, 4.69) is 5.32 Å². The first kappa shape index (κ1) is 23.6. The number of β-amino-alcohol motifs (C(OH)–C–C–N with tert-alkyl or cyclic N) is 1. The molecule has 1 heterocycles. The second kappa shape index (κ2) is 8.83. The predicted octanol–water partition coefficient (Wildman–Crippen LogP) is 3.70. The van der Waals surface area contributed by atoms with Crippen LogP contribution in [0.15, 0.2) is 18.2 Å². The Bertz CT molecular complexity index is 976. The van der Waals surface area contributed by atoms with Crippen LogP contribution in [0.4, 0.5) is 5.69 Å². The SMILES string of the molecule is Cc1ccc(Cl)cc1NC(=O)C(C)OC(=O)C1CC(O)CN1C(=O)C12CC3CC(CC(C3)C1)C2. The molecule has 1 aromatic carbocycles. The highest BCUT2D eigenvalue weighted by atomic mass is 35.5. The molecule has 4 bridgehead atoms. The fourth-order valence-electron chi connectivity index (χ4n) is 7.21. The quantitative estimate of drug-likeness (QED) is 0.616. The molecule has 1 aliphatic heterocycles. The zero-order chi connectivity index (χ0) is 24.2. The number of carbonyl (C=O) groups is 3. The summed E-state index contributed by atoms with van der Waals surface area (Å²) in [5, 5.41) is 13.6. The maximum atomic E-state index is 13.8. The summed E-state index contributed by atoms with van der Waals surface area (Å²) in [5.74, 6) is 0.693. The topological polar surface area (TPSA) is 95.9 Å². The molecule has 34 heavy (non-hydrogen) atoms. The normalized spacial score (nSPS) is 34.7. The van der Waals surface area contributed by atoms with E-state index in [1.54, 1.807) is 23.1 Å². The van der Waals surface area contributed by atoms with E-state index in [1.165, 1.54) is 26.2 Å². The molecule has 6 rings (SSSR count). The molecule has 3 unspecified atom stereocenters. The smallest absolute Gasteiger partial charge is 0.329 e. The van der Waals surface area contributed by atoms with Crippen LogP contribution >= 0.6 is 11.6 Å². The Morgan fingerprint density at radius 1 is 1.12 bits per heavy atom. The van der Waals surface area contributed by atoms with Gasteiger partial charge in [-0.2, -0.15) is 0 Å². The molecule has 2 amide bonds. The van der Waals surface area contributed by atoms with E-state index in [0.717, 1.165) is 24.8 Å². The lowest BCUT2D eigenvalue weighted by Gasteiger charge is -2.56. The summed E-state index contributed by atoms with van der Waals surface area (Å²) in [6, 6.07) is 4.31. The summed E-state index contributed by atoms with van der Waals surface area (Å²) < 4.78 is 5.50. The van der Waals surface area contributed by atoms with Gasteiger partial charge in [0.2, 0.25) is 5.91 Å². The zero-order valence-electron chi connectivity index (χ0n) is 19.8. The number of anilines is 1. The summed E-state index contributed by atoms with van der Waals surface area (Å²) in [7, 11) is 0. The summed E-state index contributed by atoms with van der Waals surface area (Å²) in [5.41, 5.74) is 0.989. The minimum absolute atomic E-state index is 0.00300. The van der Waals surface area contributed by atoms with Crippen LogP contribution in [0.1, 0.15) is 57.4 Å². The average Bonchev–Trinajstić information content (AvgIpc) is 3.16. The Morgan fingerprint density at radius 3 is 2.35 bits per heavy atom. The number of aryl methyl sites for hydroxylation is 1. The largest absolute Gasteiger partial charge is 0.451 e. The molecular weight excluding hydrogens is 456 g/mol. The fourth-order valence-corrected chi connectivity index (χ4v) is 7.38. The minimum Gasteiger partial charge on any atom is -0.451 e. The van der Waals surface area contributed by atoms with Gasteiger partial charge in [0.25, 0.3) is 5.91 Å². The van der Waals surface area contributed by atoms with Crippen LogP contribution in [0.25, 0.3) is 0 Å². The van der Waals surface area contributed by atoms with Gasteiger partial charge in [0.05, 0.1) is 11.5 Å². The van der Waals surface area contributed by atoms with Gasteiger partial charge in [-0.3, -0.25) is 9.59 Å². The van der Waals surface area contributed by atoms with Gasteiger partial charge in [-0.05, 0) is 87.8 Å². The monoisotopic (exact) mass is 488 g/mol. The van der Waals surface area contributed by atoms with Crippen molar-refractivity contribution < 1.29 is 24.2 Å². The van der Waals surface area contributed by atoms with Crippen molar-refractivity contribution in [2.75, 3.05) is 11.9 Å². The molecule has 4 aliphatic carbocycles. The van der Waals surface area contributed by atoms with Gasteiger partial charge in [0.1, 0.15) is 6.04 Å². The third-order valence-electron chi connectivity index (χ3n) is 8.42. The van der Waals surface area contributed by atoms with E-state index in [-0.39, 0.29) is 18.9 Å². The molecule has 0 spiro atoms. The Morgan fingerprint density at radius 2 is 1.74 bits per heavy atom. The number of amides is 2. The molecule has 0 aromatic heterocycles. The Hall–Kier alpha value is -2.12. The summed E-state index contributed by atoms with van der Waals surface area (Å²) in [6.45, 7) is 3.49. The van der Waals surface area contributed by atoms with E-state index in [0.29, 0.717) is 28.5 Å². The van der Waals surface area contributed by atoms with Crippen molar-refractivity contribution in [3.05, 3.63) is 28.8 Å². The summed E-state index contributed by atoms with van der Waals surface area (Å²) in [6.07, 6.45) is 4.66. The van der Waals surface area contributed by atoms with Gasteiger partial charge in [-0.1, -0.05) is 17.7 Å². The number of nitrogens with one attached hydrogen (secondary N) is 1. The molecule has 0 radical (unpaired) electrons. The molecule has 5 aliphatic rings. The molecule has 1 aromatic rings. The molecule has 184 valence electrons. The standard InChI is InChI=1S/C26H33ClN2O5/c1-14-3-4-19(27)8-21(14)28-23(31)15(2)34-24(32)22-9-20(30)13-29(22)25(33)26-10-16-5-17(11-26)7-18(6-16)12-26/h3-4,8,15-18,20,22,30H,5-7,9-13H2,1-2H3,(H,28,31). The number of likely N-dealkylation sites (tertiary alicyclic amines) is 1. The second-order valence-electron chi connectivity index (χ2n) is 11.1. The van der Waals surface area contributed by atoms with Crippen LogP contribution < -0.4 is 5.32 Å². The number of aliphatic hydroxyl groups is 1. The van der Waals surface area contributed by atoms with Crippen LogP contribution in [-0.2, 0) is 19.1 Å². The number of halogens is 1. The third kappa shape index (κ3) is 4.33. The van der Waals surface area contributed by atoms with Crippen molar-refractivity contribution in [1.29, 1.82) is 0 Å². The average molecular weight is 489 g/mol. The molecular formula is C26H33ClN2O5. The van der Waals surface area contributed by atoms with Crippen molar-refractivity contribution in [1.82, 2.24) is 4.90 Å². The number of hydrogen-bond donors (Lipinski definition) is 2. The molecule has 1 saturated heterocycles. The van der Waals surface area contributed by atoms with E-state index >= 15 is 0 Å². The van der Waals surface area contributed by atoms with Gasteiger partial charge in [0.15, 0.2) is 6.10 Å². The number of esters is 1. The lowest BCUT2D eigenvalue weighted by atomic mass is 9.49. The van der Waals surface area contributed by atoms with Crippen LogP contribution in [0.5, 0.6) is 0 Å². The zero-order valence-corrected chi connectivity index (χ0v) is 20.5. The minimum atomic E-state index is -1.06. The number of rotatable bonds is 5. The van der Waals surface area contributed by atoms with Gasteiger partial charge in [-0.25, -0.2) is 4.79 Å². The van der Waals surface area contributed by atoms with Crippen LogP contribution in [0, 0.1) is 30.1 Å². The first-order chi connectivity index (χ1) is 16.1. The third-order valence-corrected chi connectivity index (χ3v) is 8.66. The first-order valence-corrected chi connectivity index (χ1v) is 12.8. The van der Waals surface area contributed by atoms with Gasteiger partial charge >= 0.3 is 5.97 Å². The number of carbonyl (C=O) groups excluding carboxylic acids is 3. The Kier molecular flexibility index (Phi) is 6.13. The number of aliphatic hydroxyl groups excluding tert-OH is 1. The van der Waals surface area contributed by atoms with Crippen molar-refractivity contribution in [2.45, 2.75) is 77.0 Å².